The standard InChI is InChI=1S/C15H20FO/c1-3-5-6-7-11-17-15(4-2)13-9-8-10-14(16)12-13/h4,8-10,12H,1,3,5-7,11H2,2H3. The summed E-state index contributed by atoms with van der Waals surface area (Å²) < 4.78 is 18.7. The van der Waals surface area contributed by atoms with E-state index in [0.29, 0.717) is 6.61 Å². The highest BCUT2D eigenvalue weighted by molar-refractivity contribution is 5.59. The van der Waals surface area contributed by atoms with Crippen LogP contribution in [0.3, 0.4) is 0 Å². The van der Waals surface area contributed by atoms with Crippen LogP contribution in [-0.4, -0.2) is 6.61 Å². The van der Waals surface area contributed by atoms with Crippen LogP contribution in [-0.2, 0) is 4.74 Å². The number of allylic oxidation sites excluding steroid dienone is 1. The second-order valence-corrected chi connectivity index (χ2v) is 3.93. The maximum Gasteiger partial charge on any atom is 0.123 e. The maximum atomic E-state index is 13.1. The summed E-state index contributed by atoms with van der Waals surface area (Å²) in [5, 5.41) is 0. The van der Waals surface area contributed by atoms with Gasteiger partial charge in [0, 0.05) is 5.56 Å². The molecule has 1 aromatic rings. The summed E-state index contributed by atoms with van der Waals surface area (Å²) in [6.07, 6.45) is 6.12. The molecule has 2 heteroatoms. The van der Waals surface area contributed by atoms with Crippen molar-refractivity contribution in [1.29, 1.82) is 0 Å². The van der Waals surface area contributed by atoms with E-state index in [2.05, 4.69) is 6.92 Å². The second kappa shape index (κ2) is 7.88. The molecule has 0 heterocycles. The van der Waals surface area contributed by atoms with Crippen LogP contribution in [0.2, 0.25) is 0 Å². The van der Waals surface area contributed by atoms with Crippen LogP contribution in [0.25, 0.3) is 5.76 Å². The topological polar surface area (TPSA) is 9.23 Å². The van der Waals surface area contributed by atoms with Gasteiger partial charge in [0.05, 0.1) is 6.61 Å². The molecule has 1 radical (unpaired) electrons. The van der Waals surface area contributed by atoms with Crippen LogP contribution >= 0.6 is 0 Å². The van der Waals surface area contributed by atoms with Gasteiger partial charge in [-0.3, -0.25) is 0 Å². The minimum Gasteiger partial charge on any atom is -0.493 e. The van der Waals surface area contributed by atoms with Crippen molar-refractivity contribution in [3.05, 3.63) is 48.6 Å². The largest absolute Gasteiger partial charge is 0.493 e. The zero-order chi connectivity index (χ0) is 12.5. The molecule has 0 spiro atoms. The molecule has 1 aromatic carbocycles. The van der Waals surface area contributed by atoms with Crippen molar-refractivity contribution in [3.63, 3.8) is 0 Å². The Kier molecular flexibility index (Phi) is 6.38. The SMILES string of the molecule is [CH2]CCCCCOC(=CC)c1cccc(F)c1. The zero-order valence-electron chi connectivity index (χ0n) is 10.4. The minimum absolute atomic E-state index is 0.234. The van der Waals surface area contributed by atoms with Crippen LogP contribution < -0.4 is 0 Å². The van der Waals surface area contributed by atoms with E-state index in [1.165, 1.54) is 12.1 Å². The molecule has 0 saturated heterocycles. The second-order valence-electron chi connectivity index (χ2n) is 3.93. The number of ether oxygens (including phenoxy) is 1. The van der Waals surface area contributed by atoms with Gasteiger partial charge < -0.3 is 4.74 Å². The highest BCUT2D eigenvalue weighted by Gasteiger charge is 2.02. The first-order chi connectivity index (χ1) is 8.27. The third kappa shape index (κ3) is 5.03. The molecule has 0 bridgehead atoms. The van der Waals surface area contributed by atoms with Gasteiger partial charge >= 0.3 is 0 Å². The van der Waals surface area contributed by atoms with Crippen molar-refractivity contribution in [3.8, 4) is 0 Å². The normalized spacial score (nSPS) is 11.6. The Morgan fingerprint density at radius 2 is 2.18 bits per heavy atom. The van der Waals surface area contributed by atoms with E-state index in [1.807, 2.05) is 19.1 Å². The minimum atomic E-state index is -0.234. The van der Waals surface area contributed by atoms with Crippen LogP contribution in [0.4, 0.5) is 4.39 Å². The maximum absolute atomic E-state index is 13.1. The number of halogens is 1. The lowest BCUT2D eigenvalue weighted by atomic mass is 10.1. The number of unbranched alkanes of at least 4 members (excludes halogenated alkanes) is 3. The Hall–Kier alpha value is -1.31. The number of benzene rings is 1. The van der Waals surface area contributed by atoms with Crippen LogP contribution in [0.1, 0.15) is 38.2 Å². The smallest absolute Gasteiger partial charge is 0.123 e. The van der Waals surface area contributed by atoms with Crippen molar-refractivity contribution in [2.45, 2.75) is 32.6 Å². The van der Waals surface area contributed by atoms with Crippen LogP contribution in [0.15, 0.2) is 30.3 Å². The van der Waals surface area contributed by atoms with Crippen molar-refractivity contribution < 1.29 is 9.13 Å². The molecule has 1 rings (SSSR count). The summed E-state index contributed by atoms with van der Waals surface area (Å²) in [5.74, 6) is 0.515. The monoisotopic (exact) mass is 235 g/mol. The number of rotatable bonds is 7. The number of hydrogen-bond acceptors (Lipinski definition) is 1. The van der Waals surface area contributed by atoms with E-state index in [4.69, 9.17) is 4.74 Å². The first-order valence-electron chi connectivity index (χ1n) is 6.12. The molecule has 0 N–H and O–H groups in total. The lowest BCUT2D eigenvalue weighted by Crippen LogP contribution is -1.95. The summed E-state index contributed by atoms with van der Waals surface area (Å²) >= 11 is 0. The molecule has 17 heavy (non-hydrogen) atoms. The molecule has 0 amide bonds. The summed E-state index contributed by atoms with van der Waals surface area (Å²) in [5.41, 5.74) is 0.796. The molecule has 0 aromatic heterocycles. The van der Waals surface area contributed by atoms with Crippen LogP contribution in [0.5, 0.6) is 0 Å². The van der Waals surface area contributed by atoms with E-state index >= 15 is 0 Å². The molecular formula is C15H20FO. The van der Waals surface area contributed by atoms with Gasteiger partial charge in [0.25, 0.3) is 0 Å². The zero-order valence-corrected chi connectivity index (χ0v) is 10.4. The Morgan fingerprint density at radius 1 is 1.35 bits per heavy atom. The third-order valence-corrected chi connectivity index (χ3v) is 2.52. The first kappa shape index (κ1) is 13.8. The highest BCUT2D eigenvalue weighted by Crippen LogP contribution is 2.17. The van der Waals surface area contributed by atoms with Gasteiger partial charge in [0.1, 0.15) is 11.6 Å². The van der Waals surface area contributed by atoms with Gasteiger partial charge in [-0.15, -0.1) is 0 Å². The summed E-state index contributed by atoms with van der Waals surface area (Å²) in [7, 11) is 0. The van der Waals surface area contributed by atoms with Crippen molar-refractivity contribution in [1.82, 2.24) is 0 Å². The van der Waals surface area contributed by atoms with Gasteiger partial charge in [0.2, 0.25) is 0 Å². The van der Waals surface area contributed by atoms with Gasteiger partial charge in [-0.05, 0) is 31.6 Å². The summed E-state index contributed by atoms with van der Waals surface area (Å²) in [6, 6.07) is 6.48. The average molecular weight is 235 g/mol. The molecule has 0 saturated carbocycles. The van der Waals surface area contributed by atoms with Gasteiger partial charge in [-0.1, -0.05) is 38.3 Å². The molecule has 0 aliphatic carbocycles. The van der Waals surface area contributed by atoms with E-state index < -0.39 is 0 Å². The molecule has 0 aliphatic rings. The van der Waals surface area contributed by atoms with E-state index in [1.54, 1.807) is 6.07 Å². The van der Waals surface area contributed by atoms with Crippen molar-refractivity contribution >= 4 is 5.76 Å². The van der Waals surface area contributed by atoms with Gasteiger partial charge in [-0.25, -0.2) is 4.39 Å². The van der Waals surface area contributed by atoms with Crippen molar-refractivity contribution in [2.75, 3.05) is 6.61 Å². The molecule has 0 fully saturated rings. The predicted octanol–water partition coefficient (Wildman–Crippen LogP) is 4.60. The molecule has 0 atom stereocenters. The van der Waals surface area contributed by atoms with Gasteiger partial charge in [0.15, 0.2) is 0 Å². The molecular weight excluding hydrogens is 215 g/mol. The molecule has 1 nitrogen and oxygen atoms in total. The molecule has 0 unspecified atom stereocenters. The third-order valence-electron chi connectivity index (χ3n) is 2.52. The summed E-state index contributed by atoms with van der Waals surface area (Å²) in [4.78, 5) is 0. The lowest BCUT2D eigenvalue weighted by Gasteiger charge is -2.10. The van der Waals surface area contributed by atoms with E-state index in [-0.39, 0.29) is 5.82 Å². The Bertz CT molecular complexity index is 358. The molecule has 93 valence electrons. The van der Waals surface area contributed by atoms with Crippen LogP contribution in [0, 0.1) is 12.7 Å². The Morgan fingerprint density at radius 3 is 2.82 bits per heavy atom. The summed E-state index contributed by atoms with van der Waals surface area (Å²) in [6.45, 7) is 6.37. The number of hydrogen-bond donors (Lipinski definition) is 0. The average Bonchev–Trinajstić information content (AvgIpc) is 2.34. The molecule has 0 aliphatic heterocycles. The van der Waals surface area contributed by atoms with Crippen molar-refractivity contribution in [2.24, 2.45) is 0 Å². The fourth-order valence-electron chi connectivity index (χ4n) is 1.61. The van der Waals surface area contributed by atoms with E-state index in [9.17, 15) is 4.39 Å². The fraction of sp³-hybridized carbons (Fsp3) is 0.400. The van der Waals surface area contributed by atoms with E-state index in [0.717, 1.165) is 37.0 Å². The Labute approximate surface area is 103 Å². The lowest BCUT2D eigenvalue weighted by molar-refractivity contribution is 0.266. The predicted molar refractivity (Wildman–Crippen MR) is 69.8 cm³/mol. The first-order valence-corrected chi connectivity index (χ1v) is 6.12. The highest BCUT2D eigenvalue weighted by atomic mass is 19.1. The quantitative estimate of drug-likeness (QED) is 0.496. The Balaban J connectivity index is 2.44. The fourth-order valence-corrected chi connectivity index (χ4v) is 1.61. The van der Waals surface area contributed by atoms with Gasteiger partial charge in [-0.2, -0.15) is 0 Å².